The lowest BCUT2D eigenvalue weighted by Crippen LogP contribution is -2.53. The van der Waals surface area contributed by atoms with E-state index in [1.807, 2.05) is 7.11 Å². The van der Waals surface area contributed by atoms with Crippen molar-refractivity contribution in [3.8, 4) is 0 Å². The van der Waals surface area contributed by atoms with Crippen LogP contribution in [0.5, 0.6) is 0 Å². The number of methoxy groups -OCH3 is 1. The number of fused-ring (bicyclic) bond motifs is 1. The molecule has 1 fully saturated rings. The van der Waals surface area contributed by atoms with Crippen molar-refractivity contribution in [1.82, 2.24) is 0 Å². The van der Waals surface area contributed by atoms with E-state index in [0.717, 1.165) is 19.3 Å². The first-order valence-corrected chi connectivity index (χ1v) is 8.34. The predicted molar refractivity (Wildman–Crippen MR) is 87.5 cm³/mol. The Morgan fingerprint density at radius 3 is 2.48 bits per heavy atom. The Morgan fingerprint density at radius 1 is 1.19 bits per heavy atom. The third-order valence-corrected chi connectivity index (χ3v) is 6.03. The zero-order valence-corrected chi connectivity index (χ0v) is 13.7. The van der Waals surface area contributed by atoms with Crippen molar-refractivity contribution in [2.75, 3.05) is 7.11 Å². The molecule has 2 aliphatic carbocycles. The van der Waals surface area contributed by atoms with Gasteiger partial charge in [0.05, 0.1) is 5.60 Å². The van der Waals surface area contributed by atoms with Crippen LogP contribution in [-0.2, 0) is 11.2 Å². The van der Waals surface area contributed by atoms with Crippen LogP contribution in [0.3, 0.4) is 0 Å². The molecule has 2 unspecified atom stereocenters. The van der Waals surface area contributed by atoms with Gasteiger partial charge in [-0.3, -0.25) is 0 Å². The molecule has 0 aliphatic heterocycles. The van der Waals surface area contributed by atoms with Crippen molar-refractivity contribution in [1.29, 1.82) is 0 Å². The highest BCUT2D eigenvalue weighted by Gasteiger charge is 2.44. The highest BCUT2D eigenvalue weighted by Crippen LogP contribution is 2.46. The van der Waals surface area contributed by atoms with E-state index in [-0.39, 0.29) is 11.6 Å². The fraction of sp³-hybridized carbons (Fsp3) is 0.684. The van der Waals surface area contributed by atoms with Gasteiger partial charge in [-0.2, -0.15) is 0 Å². The molecule has 0 radical (unpaired) electrons. The number of ether oxygens (including phenoxy) is 1. The van der Waals surface area contributed by atoms with Gasteiger partial charge in [0.2, 0.25) is 0 Å². The lowest BCUT2D eigenvalue weighted by atomic mass is 9.65. The topological polar surface area (TPSA) is 35.2 Å². The molecule has 1 saturated carbocycles. The summed E-state index contributed by atoms with van der Waals surface area (Å²) in [4.78, 5) is 0. The number of hydrogen-bond donors (Lipinski definition) is 1. The fourth-order valence-corrected chi connectivity index (χ4v) is 4.17. The Balaban J connectivity index is 1.66. The van der Waals surface area contributed by atoms with E-state index in [1.165, 1.54) is 30.4 Å². The Bertz CT molecular complexity index is 498. The summed E-state index contributed by atoms with van der Waals surface area (Å²) in [6.45, 7) is 4.72. The minimum absolute atomic E-state index is 0.0972. The standard InChI is InChI=1S/C19H29NO/c1-18(2)8-10-19(21-3,11-9-18)17(20)13-15-12-14-6-4-5-7-16(14)15/h4-7,15,17H,8-13,20H2,1-3H3. The van der Waals surface area contributed by atoms with Crippen molar-refractivity contribution in [2.24, 2.45) is 11.1 Å². The molecule has 2 N–H and O–H groups in total. The van der Waals surface area contributed by atoms with E-state index in [1.54, 1.807) is 0 Å². The zero-order chi connectivity index (χ0) is 15.1. The van der Waals surface area contributed by atoms with Crippen molar-refractivity contribution < 1.29 is 4.74 Å². The molecule has 1 aromatic carbocycles. The van der Waals surface area contributed by atoms with Gasteiger partial charge < -0.3 is 10.5 Å². The van der Waals surface area contributed by atoms with Gasteiger partial charge in [-0.15, -0.1) is 0 Å². The summed E-state index contributed by atoms with van der Waals surface area (Å²) in [6.07, 6.45) is 6.89. The highest BCUT2D eigenvalue weighted by molar-refractivity contribution is 5.40. The molecule has 2 nitrogen and oxygen atoms in total. The first-order chi connectivity index (χ1) is 9.96. The summed E-state index contributed by atoms with van der Waals surface area (Å²) in [5, 5.41) is 0. The molecular formula is C19H29NO. The van der Waals surface area contributed by atoms with Crippen LogP contribution >= 0.6 is 0 Å². The Labute approximate surface area is 129 Å². The lowest BCUT2D eigenvalue weighted by Gasteiger charge is -2.47. The Morgan fingerprint density at radius 2 is 1.86 bits per heavy atom. The first-order valence-electron chi connectivity index (χ1n) is 8.34. The van der Waals surface area contributed by atoms with Gasteiger partial charge in [0.25, 0.3) is 0 Å². The zero-order valence-electron chi connectivity index (χ0n) is 13.7. The number of rotatable bonds is 4. The summed E-state index contributed by atoms with van der Waals surface area (Å²) in [5.74, 6) is 0.637. The molecular weight excluding hydrogens is 258 g/mol. The van der Waals surface area contributed by atoms with E-state index in [4.69, 9.17) is 10.5 Å². The molecule has 2 aliphatic rings. The third kappa shape index (κ3) is 2.76. The SMILES string of the molecule is COC1(C(N)CC2Cc3ccccc32)CCC(C)(C)CC1. The molecule has 2 atom stereocenters. The minimum Gasteiger partial charge on any atom is -0.377 e. The Kier molecular flexibility index (Phi) is 3.87. The van der Waals surface area contributed by atoms with Crippen LogP contribution in [0.1, 0.15) is 63.0 Å². The predicted octanol–water partition coefficient (Wildman–Crippen LogP) is 4.03. The van der Waals surface area contributed by atoms with Crippen LogP contribution < -0.4 is 5.73 Å². The van der Waals surface area contributed by atoms with Crippen LogP contribution in [0.4, 0.5) is 0 Å². The lowest BCUT2D eigenvalue weighted by molar-refractivity contribution is -0.0811. The number of hydrogen-bond acceptors (Lipinski definition) is 2. The van der Waals surface area contributed by atoms with Crippen LogP contribution in [0, 0.1) is 5.41 Å². The second-order valence-electron chi connectivity index (χ2n) is 7.88. The molecule has 1 aromatic rings. The molecule has 0 bridgehead atoms. The first kappa shape index (κ1) is 15.1. The summed E-state index contributed by atoms with van der Waals surface area (Å²) < 4.78 is 5.97. The fourth-order valence-electron chi connectivity index (χ4n) is 4.17. The average molecular weight is 287 g/mol. The van der Waals surface area contributed by atoms with Crippen molar-refractivity contribution in [2.45, 2.75) is 69.9 Å². The monoisotopic (exact) mass is 287 g/mol. The summed E-state index contributed by atoms with van der Waals surface area (Å²) in [5.41, 5.74) is 9.99. The van der Waals surface area contributed by atoms with Gasteiger partial charge in [0.1, 0.15) is 0 Å². The highest BCUT2D eigenvalue weighted by atomic mass is 16.5. The second kappa shape index (κ2) is 5.40. The van der Waals surface area contributed by atoms with E-state index in [0.29, 0.717) is 11.3 Å². The van der Waals surface area contributed by atoms with Crippen LogP contribution in [0.15, 0.2) is 24.3 Å². The van der Waals surface area contributed by atoms with Crippen molar-refractivity contribution >= 4 is 0 Å². The molecule has 21 heavy (non-hydrogen) atoms. The molecule has 116 valence electrons. The van der Waals surface area contributed by atoms with E-state index >= 15 is 0 Å². The van der Waals surface area contributed by atoms with Crippen LogP contribution in [0.25, 0.3) is 0 Å². The van der Waals surface area contributed by atoms with Gasteiger partial charge >= 0.3 is 0 Å². The van der Waals surface area contributed by atoms with Crippen LogP contribution in [0.2, 0.25) is 0 Å². The van der Waals surface area contributed by atoms with Gasteiger partial charge in [-0.05, 0) is 61.0 Å². The van der Waals surface area contributed by atoms with Gasteiger partial charge in [-0.25, -0.2) is 0 Å². The third-order valence-electron chi connectivity index (χ3n) is 6.03. The van der Waals surface area contributed by atoms with Gasteiger partial charge in [0.15, 0.2) is 0 Å². The van der Waals surface area contributed by atoms with Crippen molar-refractivity contribution in [3.05, 3.63) is 35.4 Å². The molecule has 0 saturated heterocycles. The maximum absolute atomic E-state index is 6.63. The summed E-state index contributed by atoms with van der Waals surface area (Å²) >= 11 is 0. The number of nitrogens with two attached hydrogens (primary N) is 1. The normalized spacial score (nSPS) is 27.5. The van der Waals surface area contributed by atoms with Crippen molar-refractivity contribution in [3.63, 3.8) is 0 Å². The van der Waals surface area contributed by atoms with E-state index in [9.17, 15) is 0 Å². The molecule has 3 rings (SSSR count). The summed E-state index contributed by atoms with van der Waals surface area (Å²) in [7, 11) is 1.85. The Hall–Kier alpha value is -0.860. The van der Waals surface area contributed by atoms with E-state index < -0.39 is 0 Å². The van der Waals surface area contributed by atoms with Crippen LogP contribution in [-0.4, -0.2) is 18.8 Å². The molecule has 2 heteroatoms. The number of benzene rings is 1. The maximum Gasteiger partial charge on any atom is 0.0829 e. The molecule has 0 spiro atoms. The van der Waals surface area contributed by atoms with E-state index in [2.05, 4.69) is 38.1 Å². The second-order valence-corrected chi connectivity index (χ2v) is 7.88. The van der Waals surface area contributed by atoms with Gasteiger partial charge in [-0.1, -0.05) is 38.1 Å². The summed E-state index contributed by atoms with van der Waals surface area (Å²) in [6, 6.07) is 8.93. The maximum atomic E-state index is 6.63. The smallest absolute Gasteiger partial charge is 0.0829 e. The average Bonchev–Trinajstić information content (AvgIpc) is 2.45. The van der Waals surface area contributed by atoms with Gasteiger partial charge in [0, 0.05) is 13.2 Å². The molecule has 0 aromatic heterocycles. The minimum atomic E-state index is -0.0972. The largest absolute Gasteiger partial charge is 0.377 e. The molecule has 0 heterocycles. The quantitative estimate of drug-likeness (QED) is 0.907. The molecule has 0 amide bonds.